The van der Waals surface area contributed by atoms with Crippen LogP contribution in [-0.2, 0) is 28.5 Å². The third kappa shape index (κ3) is 14.3. The van der Waals surface area contributed by atoms with Crippen LogP contribution in [0.2, 0.25) is 0 Å². The number of furan rings is 1. The molecule has 1 aromatic heterocycles. The molecule has 0 bridgehead atoms. The summed E-state index contributed by atoms with van der Waals surface area (Å²) in [4.78, 5) is 47.2. The van der Waals surface area contributed by atoms with Crippen molar-refractivity contribution >= 4 is 23.7 Å². The Kier molecular flexibility index (Phi) is 15.4. The van der Waals surface area contributed by atoms with Gasteiger partial charge in [0.1, 0.15) is 0 Å². The van der Waals surface area contributed by atoms with Crippen LogP contribution in [0.1, 0.15) is 100 Å². The number of Topliss-reactive ketones (excluding diaryl/α,β-unsaturated/α-hetero) is 1. The van der Waals surface area contributed by atoms with E-state index in [1.54, 1.807) is 13.8 Å². The molecule has 0 atom stereocenters. The first-order valence-corrected chi connectivity index (χ1v) is 12.4. The van der Waals surface area contributed by atoms with Crippen LogP contribution in [0.4, 0.5) is 0 Å². The molecular formula is C26H40O9. The fraction of sp³-hybridized carbons (Fsp3) is 0.692. The number of hydrogen-bond donors (Lipinski definition) is 0. The molecule has 35 heavy (non-hydrogen) atoms. The Morgan fingerprint density at radius 1 is 0.686 bits per heavy atom. The number of ketones is 1. The van der Waals surface area contributed by atoms with Crippen molar-refractivity contribution in [1.29, 1.82) is 0 Å². The summed E-state index contributed by atoms with van der Waals surface area (Å²) in [6.07, 6.45) is 4.54. The molecule has 9 heteroatoms. The highest BCUT2D eigenvalue weighted by Crippen LogP contribution is 2.14. The topological polar surface area (TPSA) is 118 Å². The van der Waals surface area contributed by atoms with Gasteiger partial charge in [-0.05, 0) is 64.5 Å². The van der Waals surface area contributed by atoms with Gasteiger partial charge in [0.2, 0.25) is 11.5 Å². The highest BCUT2D eigenvalue weighted by atomic mass is 16.5. The maximum atomic E-state index is 12.0. The number of carbonyl (C=O) groups is 4. The molecular weight excluding hydrogens is 456 g/mol. The van der Waals surface area contributed by atoms with Gasteiger partial charge in [-0.15, -0.1) is 0 Å². The molecule has 0 amide bonds. The van der Waals surface area contributed by atoms with Gasteiger partial charge in [0, 0.05) is 25.4 Å². The summed E-state index contributed by atoms with van der Waals surface area (Å²) in [6.45, 7) is 8.89. The van der Waals surface area contributed by atoms with Crippen molar-refractivity contribution in [2.75, 3.05) is 26.4 Å². The second kappa shape index (κ2) is 17.7. The second-order valence-corrected chi connectivity index (χ2v) is 8.80. The van der Waals surface area contributed by atoms with Gasteiger partial charge in [-0.25, -0.2) is 4.79 Å². The molecule has 9 nitrogen and oxygen atoms in total. The summed E-state index contributed by atoms with van der Waals surface area (Å²) >= 11 is 0. The van der Waals surface area contributed by atoms with Gasteiger partial charge in [0.05, 0.1) is 25.9 Å². The van der Waals surface area contributed by atoms with Gasteiger partial charge in [0.25, 0.3) is 0 Å². The van der Waals surface area contributed by atoms with E-state index in [9.17, 15) is 19.2 Å². The minimum Gasteiger partial charge on any atom is -0.466 e. The van der Waals surface area contributed by atoms with Crippen molar-refractivity contribution in [1.82, 2.24) is 0 Å². The van der Waals surface area contributed by atoms with Crippen LogP contribution in [-0.4, -0.2) is 56.2 Å². The van der Waals surface area contributed by atoms with Crippen LogP contribution in [0.25, 0.3) is 0 Å². The van der Waals surface area contributed by atoms with Crippen molar-refractivity contribution in [3.63, 3.8) is 0 Å². The average Bonchev–Trinajstić information content (AvgIpc) is 3.30. The van der Waals surface area contributed by atoms with E-state index in [4.69, 9.17) is 23.4 Å². The molecule has 0 saturated carbocycles. The van der Waals surface area contributed by atoms with Crippen LogP contribution in [0.3, 0.4) is 0 Å². The van der Waals surface area contributed by atoms with Gasteiger partial charge in [-0.1, -0.05) is 13.8 Å². The molecule has 0 spiro atoms. The zero-order valence-electron chi connectivity index (χ0n) is 21.5. The molecule has 0 N–H and O–H groups in total. The first kappa shape index (κ1) is 30.4. The van der Waals surface area contributed by atoms with Crippen molar-refractivity contribution in [2.45, 2.75) is 85.2 Å². The number of hydrogen-bond acceptors (Lipinski definition) is 9. The third-order valence-electron chi connectivity index (χ3n) is 4.87. The zero-order valence-corrected chi connectivity index (χ0v) is 21.5. The van der Waals surface area contributed by atoms with Crippen molar-refractivity contribution in [3.05, 3.63) is 23.7 Å². The van der Waals surface area contributed by atoms with Crippen molar-refractivity contribution < 1.29 is 42.5 Å². The summed E-state index contributed by atoms with van der Waals surface area (Å²) in [7, 11) is 0. The number of rotatable bonds is 19. The summed E-state index contributed by atoms with van der Waals surface area (Å²) in [5.74, 6) is -1.49. The molecule has 0 fully saturated rings. The summed E-state index contributed by atoms with van der Waals surface area (Å²) < 4.78 is 26.1. The minimum absolute atomic E-state index is 0.0134. The largest absolute Gasteiger partial charge is 0.466 e. The van der Waals surface area contributed by atoms with E-state index in [1.165, 1.54) is 12.1 Å². The fourth-order valence-corrected chi connectivity index (χ4v) is 2.88. The predicted molar refractivity (Wildman–Crippen MR) is 128 cm³/mol. The highest BCUT2D eigenvalue weighted by molar-refractivity contribution is 5.96. The summed E-state index contributed by atoms with van der Waals surface area (Å²) in [5.41, 5.74) is 0. The normalized spacial score (nSPS) is 11.0. The van der Waals surface area contributed by atoms with E-state index in [2.05, 4.69) is 0 Å². The molecule has 0 aliphatic heterocycles. The van der Waals surface area contributed by atoms with Gasteiger partial charge in [-0.2, -0.15) is 0 Å². The summed E-state index contributed by atoms with van der Waals surface area (Å²) in [6, 6.07) is 2.89. The smallest absolute Gasteiger partial charge is 0.374 e. The molecule has 0 radical (unpaired) electrons. The van der Waals surface area contributed by atoms with Crippen LogP contribution in [0.15, 0.2) is 16.5 Å². The predicted octanol–water partition coefficient (Wildman–Crippen LogP) is 4.91. The molecule has 1 aromatic rings. The first-order chi connectivity index (χ1) is 16.7. The third-order valence-corrected chi connectivity index (χ3v) is 4.87. The Bertz CT molecular complexity index is 780. The lowest BCUT2D eigenvalue weighted by atomic mass is 10.1. The van der Waals surface area contributed by atoms with Crippen molar-refractivity contribution in [2.24, 2.45) is 5.92 Å². The van der Waals surface area contributed by atoms with E-state index >= 15 is 0 Å². The Labute approximate surface area is 207 Å². The summed E-state index contributed by atoms with van der Waals surface area (Å²) in [5, 5.41) is 0. The molecule has 1 heterocycles. The van der Waals surface area contributed by atoms with Gasteiger partial charge >= 0.3 is 17.9 Å². The molecule has 0 aliphatic carbocycles. The van der Waals surface area contributed by atoms with Crippen LogP contribution < -0.4 is 0 Å². The number of carbonyl (C=O) groups excluding carboxylic acids is 4. The van der Waals surface area contributed by atoms with E-state index in [1.807, 2.05) is 13.8 Å². The quantitative estimate of drug-likeness (QED) is 0.114. The Hall–Kier alpha value is -2.68. The zero-order chi connectivity index (χ0) is 26.1. The van der Waals surface area contributed by atoms with Gasteiger partial charge < -0.3 is 23.4 Å². The maximum absolute atomic E-state index is 12.0. The SMILES string of the molecule is CC(C)OCCCCOC(=O)CCCCC(=O)OCCCCOC(=O)c1ccc(C(=O)C(C)C)o1. The van der Waals surface area contributed by atoms with Gasteiger partial charge in [-0.3, -0.25) is 14.4 Å². The van der Waals surface area contributed by atoms with Crippen molar-refractivity contribution in [3.8, 4) is 0 Å². The molecule has 0 aromatic carbocycles. The lowest BCUT2D eigenvalue weighted by molar-refractivity contribution is -0.146. The monoisotopic (exact) mass is 496 g/mol. The van der Waals surface area contributed by atoms with E-state index < -0.39 is 5.97 Å². The minimum atomic E-state index is -0.636. The average molecular weight is 497 g/mol. The molecule has 0 unspecified atom stereocenters. The number of ether oxygens (including phenoxy) is 4. The maximum Gasteiger partial charge on any atom is 0.374 e. The molecule has 198 valence electrons. The number of esters is 3. The molecule has 0 saturated heterocycles. The van der Waals surface area contributed by atoms with Crippen LogP contribution >= 0.6 is 0 Å². The standard InChI is InChI=1S/C26H40O9/c1-19(2)25(29)21-13-14-22(35-21)26(30)34-18-10-9-17-33-24(28)12-6-5-11-23(27)32-16-8-7-15-31-20(3)4/h13-14,19-20H,5-12,15-18H2,1-4H3. The van der Waals surface area contributed by atoms with Crippen LogP contribution in [0, 0.1) is 5.92 Å². The number of unbranched alkanes of at least 4 members (excludes halogenated alkanes) is 3. The van der Waals surface area contributed by atoms with E-state index in [0.29, 0.717) is 38.9 Å². The fourth-order valence-electron chi connectivity index (χ4n) is 2.88. The highest BCUT2D eigenvalue weighted by Gasteiger charge is 2.18. The lowest BCUT2D eigenvalue weighted by Gasteiger charge is -2.08. The van der Waals surface area contributed by atoms with E-state index in [0.717, 1.165) is 12.8 Å². The molecule has 0 aliphatic rings. The van der Waals surface area contributed by atoms with E-state index in [-0.39, 0.29) is 67.3 Å². The molecule has 1 rings (SSSR count). The first-order valence-electron chi connectivity index (χ1n) is 12.4. The van der Waals surface area contributed by atoms with Gasteiger partial charge in [0.15, 0.2) is 5.76 Å². The van der Waals surface area contributed by atoms with Crippen LogP contribution in [0.5, 0.6) is 0 Å². The second-order valence-electron chi connectivity index (χ2n) is 8.80. The Morgan fingerprint density at radius 3 is 1.69 bits per heavy atom. The Balaban J connectivity index is 1.99. The lowest BCUT2D eigenvalue weighted by Crippen LogP contribution is -2.10. The Morgan fingerprint density at radius 2 is 1.17 bits per heavy atom.